The van der Waals surface area contributed by atoms with Gasteiger partial charge >= 0.3 is 0 Å². The summed E-state index contributed by atoms with van der Waals surface area (Å²) in [7, 11) is 0. The van der Waals surface area contributed by atoms with Crippen molar-refractivity contribution >= 4 is 22.6 Å². The maximum atomic E-state index is 12.8. The monoisotopic (exact) mass is 354 g/mol. The van der Waals surface area contributed by atoms with E-state index in [0.29, 0.717) is 11.5 Å². The largest absolute Gasteiger partial charge is 0.305 e. The van der Waals surface area contributed by atoms with Gasteiger partial charge in [-0.1, -0.05) is 24.3 Å². The molecule has 0 saturated heterocycles. The van der Waals surface area contributed by atoms with Gasteiger partial charge in [-0.05, 0) is 55.3 Å². The van der Waals surface area contributed by atoms with E-state index in [4.69, 9.17) is 0 Å². The Hall–Kier alpha value is -3.60. The van der Waals surface area contributed by atoms with Crippen molar-refractivity contribution in [2.75, 3.05) is 5.32 Å². The fourth-order valence-electron chi connectivity index (χ4n) is 3.05. The number of aryl methyl sites for hydroxylation is 2. The van der Waals surface area contributed by atoms with E-state index < -0.39 is 0 Å². The summed E-state index contributed by atoms with van der Waals surface area (Å²) in [6.07, 6.45) is 3.58. The third-order valence-corrected chi connectivity index (χ3v) is 4.41. The lowest BCUT2D eigenvalue weighted by Gasteiger charge is -2.12. The lowest BCUT2D eigenvalue weighted by Crippen LogP contribution is -2.15. The van der Waals surface area contributed by atoms with E-state index in [2.05, 4.69) is 20.3 Å². The van der Waals surface area contributed by atoms with Crippen LogP contribution in [0.2, 0.25) is 0 Å². The summed E-state index contributed by atoms with van der Waals surface area (Å²) in [6.45, 7) is 3.91. The number of nitrogens with one attached hydrogen (secondary N) is 1. The molecule has 1 amide bonds. The number of benzene rings is 1. The zero-order chi connectivity index (χ0) is 18.8. The second-order valence-corrected chi connectivity index (χ2v) is 6.38. The number of aromatic nitrogens is 3. The molecule has 132 valence electrons. The molecule has 0 aliphatic rings. The summed E-state index contributed by atoms with van der Waals surface area (Å²) >= 11 is 0. The second-order valence-electron chi connectivity index (χ2n) is 6.38. The first-order chi connectivity index (χ1) is 13.1. The minimum atomic E-state index is -0.290. The molecule has 0 aliphatic carbocycles. The quantitative estimate of drug-likeness (QED) is 0.585. The highest BCUT2D eigenvalue weighted by Gasteiger charge is 2.15. The summed E-state index contributed by atoms with van der Waals surface area (Å²) in [5.74, 6) is 0.218. The number of nitrogens with zero attached hydrogens (tertiary/aromatic N) is 3. The van der Waals surface area contributed by atoms with Crippen LogP contribution in [-0.2, 0) is 0 Å². The van der Waals surface area contributed by atoms with Crippen molar-refractivity contribution in [2.45, 2.75) is 13.8 Å². The van der Waals surface area contributed by atoms with E-state index in [-0.39, 0.29) is 5.91 Å². The van der Waals surface area contributed by atoms with Crippen LogP contribution < -0.4 is 5.32 Å². The van der Waals surface area contributed by atoms with Gasteiger partial charge in [-0.3, -0.25) is 9.78 Å². The van der Waals surface area contributed by atoms with Crippen LogP contribution in [0.3, 0.4) is 0 Å². The molecule has 4 rings (SSSR count). The first kappa shape index (κ1) is 16.8. The number of rotatable bonds is 3. The zero-order valence-electron chi connectivity index (χ0n) is 15.1. The molecule has 0 fully saturated rings. The number of hydrogen-bond donors (Lipinski definition) is 1. The molecule has 0 spiro atoms. The van der Waals surface area contributed by atoms with Crippen LogP contribution in [0, 0.1) is 13.8 Å². The average molecular weight is 354 g/mol. The molecule has 0 saturated carbocycles. The van der Waals surface area contributed by atoms with Gasteiger partial charge in [0.05, 0.1) is 5.52 Å². The summed E-state index contributed by atoms with van der Waals surface area (Å²) < 4.78 is 0. The van der Waals surface area contributed by atoms with Gasteiger partial charge in [-0.15, -0.1) is 0 Å². The molecule has 1 N–H and O–H groups in total. The molecule has 0 bridgehead atoms. The molecule has 0 aliphatic heterocycles. The maximum absolute atomic E-state index is 12.8. The Morgan fingerprint density at radius 1 is 0.926 bits per heavy atom. The first-order valence-electron chi connectivity index (χ1n) is 8.67. The van der Waals surface area contributed by atoms with Crippen molar-refractivity contribution in [3.8, 4) is 11.1 Å². The van der Waals surface area contributed by atoms with Crippen molar-refractivity contribution in [1.29, 1.82) is 0 Å². The highest BCUT2D eigenvalue weighted by Crippen LogP contribution is 2.30. The van der Waals surface area contributed by atoms with E-state index in [1.807, 2.05) is 68.6 Å². The molecule has 3 heterocycles. The minimum Gasteiger partial charge on any atom is -0.305 e. The number of hydrogen-bond acceptors (Lipinski definition) is 4. The average Bonchev–Trinajstić information content (AvgIpc) is 2.67. The Bertz CT molecular complexity index is 1150. The van der Waals surface area contributed by atoms with Gasteiger partial charge in [0, 0.05) is 29.0 Å². The fourth-order valence-corrected chi connectivity index (χ4v) is 3.05. The third-order valence-electron chi connectivity index (χ3n) is 4.41. The number of amides is 1. The number of anilines is 1. The van der Waals surface area contributed by atoms with Gasteiger partial charge in [0.1, 0.15) is 11.5 Å². The van der Waals surface area contributed by atoms with Gasteiger partial charge in [-0.25, -0.2) is 9.97 Å². The molecule has 4 aromatic rings. The van der Waals surface area contributed by atoms with Crippen LogP contribution in [0.5, 0.6) is 0 Å². The third kappa shape index (κ3) is 3.40. The highest BCUT2D eigenvalue weighted by molar-refractivity contribution is 6.06. The van der Waals surface area contributed by atoms with Crippen LogP contribution in [0.15, 0.2) is 67.0 Å². The lowest BCUT2D eigenvalue weighted by molar-refractivity contribution is 0.102. The summed E-state index contributed by atoms with van der Waals surface area (Å²) in [4.78, 5) is 25.9. The normalized spacial score (nSPS) is 10.7. The Morgan fingerprint density at radius 2 is 1.78 bits per heavy atom. The molecule has 27 heavy (non-hydrogen) atoms. The number of fused-ring (bicyclic) bond motifs is 1. The standard InChI is InChI=1S/C22H18N4O/c1-14-10-11-23-13-18(14)17-12-20(25-19-8-4-3-7-16(17)19)22(27)26-21-9-5-6-15(2)24-21/h3-13H,1-2H3,(H,24,26,27). The van der Waals surface area contributed by atoms with Gasteiger partial charge < -0.3 is 5.32 Å². The Morgan fingerprint density at radius 3 is 2.59 bits per heavy atom. The number of carbonyl (C=O) groups excluding carboxylic acids is 1. The van der Waals surface area contributed by atoms with E-state index in [0.717, 1.165) is 33.3 Å². The second kappa shape index (κ2) is 6.96. The van der Waals surface area contributed by atoms with Crippen LogP contribution in [-0.4, -0.2) is 20.9 Å². The van der Waals surface area contributed by atoms with Gasteiger partial charge in [0.15, 0.2) is 0 Å². The van der Waals surface area contributed by atoms with Gasteiger partial charge in [-0.2, -0.15) is 0 Å². The van der Waals surface area contributed by atoms with E-state index >= 15 is 0 Å². The minimum absolute atomic E-state index is 0.290. The Kier molecular flexibility index (Phi) is 4.34. The van der Waals surface area contributed by atoms with Gasteiger partial charge in [0.2, 0.25) is 0 Å². The molecule has 0 unspecified atom stereocenters. The molecule has 0 radical (unpaired) electrons. The molecule has 3 aromatic heterocycles. The van der Waals surface area contributed by atoms with E-state index in [1.54, 1.807) is 12.3 Å². The van der Waals surface area contributed by atoms with Crippen LogP contribution >= 0.6 is 0 Å². The topological polar surface area (TPSA) is 67.8 Å². The van der Waals surface area contributed by atoms with Crippen LogP contribution in [0.25, 0.3) is 22.0 Å². The van der Waals surface area contributed by atoms with Crippen molar-refractivity contribution in [1.82, 2.24) is 15.0 Å². The Labute approximate surface area is 157 Å². The number of para-hydroxylation sites is 1. The maximum Gasteiger partial charge on any atom is 0.275 e. The summed E-state index contributed by atoms with van der Waals surface area (Å²) in [6, 6.07) is 17.1. The lowest BCUT2D eigenvalue weighted by atomic mass is 9.98. The molecular weight excluding hydrogens is 336 g/mol. The van der Waals surface area contributed by atoms with E-state index in [9.17, 15) is 4.79 Å². The van der Waals surface area contributed by atoms with Crippen molar-refractivity contribution in [2.24, 2.45) is 0 Å². The summed E-state index contributed by atoms with van der Waals surface area (Å²) in [5, 5.41) is 3.81. The van der Waals surface area contributed by atoms with Crippen LogP contribution in [0.1, 0.15) is 21.7 Å². The zero-order valence-corrected chi connectivity index (χ0v) is 15.1. The number of pyridine rings is 3. The van der Waals surface area contributed by atoms with Gasteiger partial charge in [0.25, 0.3) is 5.91 Å². The predicted octanol–water partition coefficient (Wildman–Crippen LogP) is 4.56. The summed E-state index contributed by atoms with van der Waals surface area (Å²) in [5.41, 5.74) is 4.96. The molecule has 5 nitrogen and oxygen atoms in total. The smallest absolute Gasteiger partial charge is 0.275 e. The molecular formula is C22H18N4O. The fraction of sp³-hybridized carbons (Fsp3) is 0.0909. The van der Waals surface area contributed by atoms with Crippen molar-refractivity contribution in [3.05, 3.63) is 83.9 Å². The molecule has 5 heteroatoms. The molecule has 1 aromatic carbocycles. The number of carbonyl (C=O) groups is 1. The SMILES string of the molecule is Cc1cccc(NC(=O)c2cc(-c3cnccc3C)c3ccccc3n2)n1. The Balaban J connectivity index is 1.82. The van der Waals surface area contributed by atoms with E-state index in [1.165, 1.54) is 0 Å². The highest BCUT2D eigenvalue weighted by atomic mass is 16.1. The molecule has 0 atom stereocenters. The van der Waals surface area contributed by atoms with Crippen molar-refractivity contribution < 1.29 is 4.79 Å². The van der Waals surface area contributed by atoms with Crippen molar-refractivity contribution in [3.63, 3.8) is 0 Å². The first-order valence-corrected chi connectivity index (χ1v) is 8.67. The predicted molar refractivity (Wildman–Crippen MR) is 107 cm³/mol. The van der Waals surface area contributed by atoms with Crippen LogP contribution in [0.4, 0.5) is 5.82 Å².